The summed E-state index contributed by atoms with van der Waals surface area (Å²) in [6.45, 7) is 9.81. The first-order valence-electron chi connectivity index (χ1n) is 8.65. The Morgan fingerprint density at radius 3 is 2.18 bits per heavy atom. The Morgan fingerprint density at radius 2 is 1.59 bits per heavy atom. The van der Waals surface area contributed by atoms with E-state index in [0.29, 0.717) is 32.6 Å². The van der Waals surface area contributed by atoms with Crippen molar-refractivity contribution in [3.8, 4) is 0 Å². The zero-order valence-corrected chi connectivity index (χ0v) is 14.0. The van der Waals surface area contributed by atoms with E-state index in [2.05, 4.69) is 17.1 Å². The number of nitrogens with zero attached hydrogens (tertiary/aromatic N) is 3. The standard InChI is InChI=1S/C16H30N4O2/c1-3-14(2)17-16(22)20-12-10-19(11-13-20)15(21)6-9-18-7-4-5-8-18/h14H,3-13H2,1-2H3,(H,17,22). The highest BCUT2D eigenvalue weighted by atomic mass is 16.2. The van der Waals surface area contributed by atoms with Gasteiger partial charge in [0.2, 0.25) is 5.91 Å². The van der Waals surface area contributed by atoms with Crippen LogP contribution in [0.5, 0.6) is 0 Å². The minimum atomic E-state index is -0.00137. The quantitative estimate of drug-likeness (QED) is 0.828. The van der Waals surface area contributed by atoms with Crippen molar-refractivity contribution >= 4 is 11.9 Å². The molecule has 126 valence electrons. The summed E-state index contributed by atoms with van der Waals surface area (Å²) in [5, 5.41) is 2.98. The van der Waals surface area contributed by atoms with E-state index in [-0.39, 0.29) is 18.0 Å². The molecule has 0 aliphatic carbocycles. The van der Waals surface area contributed by atoms with Crippen LogP contribution in [0.2, 0.25) is 0 Å². The summed E-state index contributed by atoms with van der Waals surface area (Å²) in [7, 11) is 0. The van der Waals surface area contributed by atoms with Crippen molar-refractivity contribution < 1.29 is 9.59 Å². The Hall–Kier alpha value is -1.30. The summed E-state index contributed by atoms with van der Waals surface area (Å²) in [6.07, 6.45) is 4.07. The van der Waals surface area contributed by atoms with Crippen LogP contribution in [0.25, 0.3) is 0 Å². The highest BCUT2D eigenvalue weighted by Gasteiger charge is 2.24. The van der Waals surface area contributed by atoms with Crippen molar-refractivity contribution in [2.24, 2.45) is 0 Å². The van der Waals surface area contributed by atoms with Gasteiger partial charge in [-0.05, 0) is 39.3 Å². The van der Waals surface area contributed by atoms with Crippen LogP contribution in [0.3, 0.4) is 0 Å². The number of amides is 3. The van der Waals surface area contributed by atoms with Gasteiger partial charge in [0.1, 0.15) is 0 Å². The molecule has 2 heterocycles. The molecule has 6 heteroatoms. The molecule has 2 fully saturated rings. The van der Waals surface area contributed by atoms with Gasteiger partial charge in [0.05, 0.1) is 0 Å². The molecule has 0 spiro atoms. The summed E-state index contributed by atoms with van der Waals surface area (Å²) < 4.78 is 0. The number of likely N-dealkylation sites (tertiary alicyclic amines) is 1. The van der Waals surface area contributed by atoms with Gasteiger partial charge in [-0.2, -0.15) is 0 Å². The predicted molar refractivity (Wildman–Crippen MR) is 86.7 cm³/mol. The largest absolute Gasteiger partial charge is 0.339 e. The van der Waals surface area contributed by atoms with Crippen molar-refractivity contribution in [3.05, 3.63) is 0 Å². The second kappa shape index (κ2) is 8.36. The van der Waals surface area contributed by atoms with Gasteiger partial charge < -0.3 is 20.0 Å². The average molecular weight is 310 g/mol. The number of rotatable bonds is 5. The van der Waals surface area contributed by atoms with E-state index in [1.807, 2.05) is 16.7 Å². The molecule has 22 heavy (non-hydrogen) atoms. The number of carbonyl (C=O) groups is 2. The molecule has 0 saturated carbocycles. The van der Waals surface area contributed by atoms with Crippen LogP contribution in [0.1, 0.15) is 39.5 Å². The van der Waals surface area contributed by atoms with E-state index in [1.54, 1.807) is 0 Å². The number of nitrogens with one attached hydrogen (secondary N) is 1. The van der Waals surface area contributed by atoms with E-state index < -0.39 is 0 Å². The molecule has 0 bridgehead atoms. The number of carbonyl (C=O) groups excluding carboxylic acids is 2. The summed E-state index contributed by atoms with van der Waals surface area (Å²) in [4.78, 5) is 30.4. The number of urea groups is 1. The fraction of sp³-hybridized carbons (Fsp3) is 0.875. The van der Waals surface area contributed by atoms with E-state index in [1.165, 1.54) is 12.8 Å². The molecule has 0 radical (unpaired) electrons. The maximum absolute atomic E-state index is 12.2. The van der Waals surface area contributed by atoms with Gasteiger partial charge in [-0.25, -0.2) is 4.79 Å². The Morgan fingerprint density at radius 1 is 1.00 bits per heavy atom. The van der Waals surface area contributed by atoms with Crippen LogP contribution in [-0.2, 0) is 4.79 Å². The van der Waals surface area contributed by atoms with Crippen LogP contribution in [0.4, 0.5) is 4.79 Å². The number of hydrogen-bond donors (Lipinski definition) is 1. The van der Waals surface area contributed by atoms with Gasteiger partial charge >= 0.3 is 6.03 Å². The molecule has 2 aliphatic rings. The molecule has 2 aliphatic heterocycles. The highest BCUT2D eigenvalue weighted by molar-refractivity contribution is 5.78. The lowest BCUT2D eigenvalue weighted by Crippen LogP contribution is -2.54. The first-order valence-corrected chi connectivity index (χ1v) is 8.65. The smallest absolute Gasteiger partial charge is 0.317 e. The second-order valence-electron chi connectivity index (χ2n) is 6.43. The Labute approximate surface area is 133 Å². The van der Waals surface area contributed by atoms with Crippen molar-refractivity contribution in [1.82, 2.24) is 20.0 Å². The van der Waals surface area contributed by atoms with Crippen LogP contribution < -0.4 is 5.32 Å². The van der Waals surface area contributed by atoms with Gasteiger partial charge in [0.25, 0.3) is 0 Å². The normalized spacial score (nSPS) is 21.0. The molecule has 3 amide bonds. The Bertz CT molecular complexity index is 374. The van der Waals surface area contributed by atoms with E-state index in [9.17, 15) is 9.59 Å². The average Bonchev–Trinajstić information content (AvgIpc) is 3.06. The van der Waals surface area contributed by atoms with Gasteiger partial charge in [-0.1, -0.05) is 6.92 Å². The minimum absolute atomic E-state index is 0.00137. The van der Waals surface area contributed by atoms with Gasteiger partial charge in [0.15, 0.2) is 0 Å². The maximum Gasteiger partial charge on any atom is 0.317 e. The zero-order chi connectivity index (χ0) is 15.9. The molecule has 2 rings (SSSR count). The van der Waals surface area contributed by atoms with Gasteiger partial charge in [-0.3, -0.25) is 4.79 Å². The minimum Gasteiger partial charge on any atom is -0.339 e. The third-order valence-corrected chi connectivity index (χ3v) is 4.74. The van der Waals surface area contributed by atoms with E-state index in [0.717, 1.165) is 26.1 Å². The van der Waals surface area contributed by atoms with Crippen LogP contribution >= 0.6 is 0 Å². The Balaban J connectivity index is 1.67. The van der Waals surface area contributed by atoms with Gasteiger partial charge in [-0.15, -0.1) is 0 Å². The lowest BCUT2D eigenvalue weighted by atomic mass is 10.2. The topological polar surface area (TPSA) is 55.9 Å². The maximum atomic E-state index is 12.2. The molecule has 1 atom stereocenters. The SMILES string of the molecule is CCC(C)NC(=O)N1CCN(C(=O)CCN2CCCC2)CC1. The molecular weight excluding hydrogens is 280 g/mol. The molecule has 1 N–H and O–H groups in total. The first-order chi connectivity index (χ1) is 10.6. The summed E-state index contributed by atoms with van der Waals surface area (Å²) >= 11 is 0. The first kappa shape index (κ1) is 17.1. The van der Waals surface area contributed by atoms with Crippen molar-refractivity contribution in [3.63, 3.8) is 0 Å². The molecular formula is C16H30N4O2. The van der Waals surface area contributed by atoms with Crippen LogP contribution in [0, 0.1) is 0 Å². The van der Waals surface area contributed by atoms with E-state index >= 15 is 0 Å². The second-order valence-corrected chi connectivity index (χ2v) is 6.43. The molecule has 2 saturated heterocycles. The van der Waals surface area contributed by atoms with Crippen LogP contribution in [0.15, 0.2) is 0 Å². The van der Waals surface area contributed by atoms with E-state index in [4.69, 9.17) is 0 Å². The predicted octanol–water partition coefficient (Wildman–Crippen LogP) is 1.12. The van der Waals surface area contributed by atoms with Crippen molar-refractivity contribution in [2.45, 2.75) is 45.6 Å². The Kier molecular flexibility index (Phi) is 6.49. The fourth-order valence-electron chi connectivity index (χ4n) is 2.98. The molecule has 1 unspecified atom stereocenters. The third-order valence-electron chi connectivity index (χ3n) is 4.74. The van der Waals surface area contributed by atoms with Crippen LogP contribution in [-0.4, -0.2) is 78.5 Å². The fourth-order valence-corrected chi connectivity index (χ4v) is 2.98. The molecule has 6 nitrogen and oxygen atoms in total. The van der Waals surface area contributed by atoms with Crippen molar-refractivity contribution in [2.75, 3.05) is 45.8 Å². The zero-order valence-electron chi connectivity index (χ0n) is 14.0. The summed E-state index contributed by atoms with van der Waals surface area (Å²) in [5.41, 5.74) is 0. The lowest BCUT2D eigenvalue weighted by Gasteiger charge is -2.35. The number of hydrogen-bond acceptors (Lipinski definition) is 3. The van der Waals surface area contributed by atoms with Crippen molar-refractivity contribution in [1.29, 1.82) is 0 Å². The molecule has 0 aromatic heterocycles. The highest BCUT2D eigenvalue weighted by Crippen LogP contribution is 2.09. The third kappa shape index (κ3) is 4.87. The summed E-state index contributed by atoms with van der Waals surface area (Å²) in [6, 6.07) is 0.200. The molecule has 0 aromatic rings. The monoisotopic (exact) mass is 310 g/mol. The lowest BCUT2D eigenvalue weighted by molar-refractivity contribution is -0.132. The molecule has 0 aromatic carbocycles. The van der Waals surface area contributed by atoms with Gasteiger partial charge in [0, 0.05) is 45.2 Å². The summed E-state index contributed by atoms with van der Waals surface area (Å²) in [5.74, 6) is 0.230. The number of piperazine rings is 1.